The van der Waals surface area contributed by atoms with Crippen molar-refractivity contribution in [1.29, 1.82) is 0 Å². The fourth-order valence-electron chi connectivity index (χ4n) is 2.87. The molecule has 1 aliphatic rings. The van der Waals surface area contributed by atoms with Gasteiger partial charge in [0, 0.05) is 25.1 Å². The largest absolute Gasteiger partial charge is 0.389 e. The van der Waals surface area contributed by atoms with Crippen molar-refractivity contribution in [2.45, 2.75) is 58.1 Å². The monoisotopic (exact) mass is 266 g/mol. The molecular formula is C15H26N2O2. The minimum absolute atomic E-state index is 0.228. The van der Waals surface area contributed by atoms with Crippen LogP contribution in [0.15, 0.2) is 12.3 Å². The molecule has 0 bridgehead atoms. The van der Waals surface area contributed by atoms with Gasteiger partial charge in [-0.05, 0) is 32.3 Å². The lowest BCUT2D eigenvalue weighted by molar-refractivity contribution is -0.00544. The Bertz CT molecular complexity index is 391. The molecule has 4 heteroatoms. The molecule has 4 nitrogen and oxygen atoms in total. The van der Waals surface area contributed by atoms with E-state index in [1.54, 1.807) is 0 Å². The van der Waals surface area contributed by atoms with E-state index in [9.17, 15) is 5.11 Å². The molecule has 0 amide bonds. The van der Waals surface area contributed by atoms with Gasteiger partial charge in [-0.1, -0.05) is 13.8 Å². The zero-order valence-electron chi connectivity index (χ0n) is 12.3. The first-order valence-electron chi connectivity index (χ1n) is 7.41. The summed E-state index contributed by atoms with van der Waals surface area (Å²) in [6.45, 7) is 7.70. The van der Waals surface area contributed by atoms with Gasteiger partial charge in [0.25, 0.3) is 0 Å². The number of rotatable bonds is 6. The van der Waals surface area contributed by atoms with E-state index < -0.39 is 5.60 Å². The highest BCUT2D eigenvalue weighted by molar-refractivity contribution is 5.05. The molecule has 0 aliphatic carbocycles. The van der Waals surface area contributed by atoms with E-state index >= 15 is 0 Å². The molecule has 1 saturated heterocycles. The second-order valence-electron chi connectivity index (χ2n) is 5.85. The van der Waals surface area contributed by atoms with Crippen LogP contribution in [0.4, 0.5) is 0 Å². The molecule has 0 radical (unpaired) electrons. The quantitative estimate of drug-likeness (QED) is 0.861. The molecule has 1 fully saturated rings. The van der Waals surface area contributed by atoms with Crippen LogP contribution in [0, 0.1) is 5.92 Å². The van der Waals surface area contributed by atoms with Crippen LogP contribution in [-0.2, 0) is 11.2 Å². The smallest absolute Gasteiger partial charge is 0.0726 e. The molecule has 1 aromatic rings. The van der Waals surface area contributed by atoms with Gasteiger partial charge in [0.1, 0.15) is 0 Å². The van der Waals surface area contributed by atoms with Gasteiger partial charge < -0.3 is 9.84 Å². The number of aliphatic hydroxyl groups is 1. The van der Waals surface area contributed by atoms with Gasteiger partial charge in [-0.25, -0.2) is 0 Å². The molecule has 108 valence electrons. The standard InChI is InChI=1S/C15H26N2O2/c1-4-14(5-2)17-8-6-13(16-17)10-15(3,18)12-7-9-19-11-12/h6,8,12,14,18H,4-5,7,9-11H2,1-3H3. The van der Waals surface area contributed by atoms with E-state index in [0.29, 0.717) is 19.1 Å². The highest BCUT2D eigenvalue weighted by Gasteiger charge is 2.35. The lowest BCUT2D eigenvalue weighted by atomic mass is 9.85. The summed E-state index contributed by atoms with van der Waals surface area (Å²) in [4.78, 5) is 0. The van der Waals surface area contributed by atoms with Crippen molar-refractivity contribution < 1.29 is 9.84 Å². The van der Waals surface area contributed by atoms with Crippen LogP contribution in [0.25, 0.3) is 0 Å². The van der Waals surface area contributed by atoms with Gasteiger partial charge in [0.15, 0.2) is 0 Å². The summed E-state index contributed by atoms with van der Waals surface area (Å²) in [5.74, 6) is 0.228. The van der Waals surface area contributed by atoms with Crippen molar-refractivity contribution in [3.05, 3.63) is 18.0 Å². The Kier molecular flexibility index (Phi) is 4.63. The summed E-state index contributed by atoms with van der Waals surface area (Å²) in [5, 5.41) is 15.2. The molecule has 0 aromatic carbocycles. The fraction of sp³-hybridized carbons (Fsp3) is 0.800. The Morgan fingerprint density at radius 2 is 2.26 bits per heavy atom. The lowest BCUT2D eigenvalue weighted by Crippen LogP contribution is -2.37. The van der Waals surface area contributed by atoms with Crippen LogP contribution >= 0.6 is 0 Å². The number of ether oxygens (including phenoxy) is 1. The number of hydrogen-bond acceptors (Lipinski definition) is 3. The van der Waals surface area contributed by atoms with Gasteiger partial charge in [-0.15, -0.1) is 0 Å². The first-order chi connectivity index (χ1) is 9.06. The molecule has 1 aromatic heterocycles. The summed E-state index contributed by atoms with van der Waals surface area (Å²) in [7, 11) is 0. The van der Waals surface area contributed by atoms with E-state index in [0.717, 1.165) is 31.6 Å². The molecule has 19 heavy (non-hydrogen) atoms. The van der Waals surface area contributed by atoms with Crippen LogP contribution < -0.4 is 0 Å². The van der Waals surface area contributed by atoms with Crippen LogP contribution in [0.1, 0.15) is 51.8 Å². The molecule has 2 unspecified atom stereocenters. The van der Waals surface area contributed by atoms with Gasteiger partial charge in [-0.2, -0.15) is 5.10 Å². The van der Waals surface area contributed by atoms with Crippen LogP contribution in [0.2, 0.25) is 0 Å². The number of nitrogens with zero attached hydrogens (tertiary/aromatic N) is 2. The van der Waals surface area contributed by atoms with Gasteiger partial charge >= 0.3 is 0 Å². The molecule has 1 aliphatic heterocycles. The summed E-state index contributed by atoms with van der Waals surface area (Å²) in [6, 6.07) is 2.50. The molecule has 2 atom stereocenters. The molecule has 0 spiro atoms. The zero-order chi connectivity index (χ0) is 13.9. The van der Waals surface area contributed by atoms with E-state index in [-0.39, 0.29) is 5.92 Å². The predicted molar refractivity (Wildman–Crippen MR) is 75.1 cm³/mol. The molecule has 2 heterocycles. The maximum absolute atomic E-state index is 10.6. The van der Waals surface area contributed by atoms with E-state index in [4.69, 9.17) is 4.74 Å². The maximum atomic E-state index is 10.6. The Labute approximate surface area is 115 Å². The minimum Gasteiger partial charge on any atom is -0.389 e. The van der Waals surface area contributed by atoms with Crippen LogP contribution in [0.5, 0.6) is 0 Å². The normalized spacial score (nSPS) is 22.9. The SMILES string of the molecule is CCC(CC)n1ccc(CC(C)(O)C2CCOC2)n1. The third-order valence-corrected chi connectivity index (χ3v) is 4.33. The van der Waals surface area contributed by atoms with Crippen molar-refractivity contribution in [3.63, 3.8) is 0 Å². The lowest BCUT2D eigenvalue weighted by Gasteiger charge is -2.28. The minimum atomic E-state index is -0.719. The summed E-state index contributed by atoms with van der Waals surface area (Å²) in [6.07, 6.45) is 5.76. The Hall–Kier alpha value is -0.870. The maximum Gasteiger partial charge on any atom is 0.0726 e. The highest BCUT2D eigenvalue weighted by Crippen LogP contribution is 2.28. The third-order valence-electron chi connectivity index (χ3n) is 4.33. The average molecular weight is 266 g/mol. The fourth-order valence-corrected chi connectivity index (χ4v) is 2.87. The Balaban J connectivity index is 2.02. The predicted octanol–water partition coefficient (Wildman–Crippen LogP) is 2.57. The topological polar surface area (TPSA) is 47.3 Å². The summed E-state index contributed by atoms with van der Waals surface area (Å²) >= 11 is 0. The van der Waals surface area contributed by atoms with E-state index in [1.807, 2.05) is 23.9 Å². The zero-order valence-corrected chi connectivity index (χ0v) is 12.3. The van der Waals surface area contributed by atoms with Gasteiger partial charge in [-0.3, -0.25) is 4.68 Å². The molecular weight excluding hydrogens is 240 g/mol. The van der Waals surface area contributed by atoms with Crippen LogP contribution in [0.3, 0.4) is 0 Å². The highest BCUT2D eigenvalue weighted by atomic mass is 16.5. The van der Waals surface area contributed by atoms with Crippen molar-refractivity contribution in [2.75, 3.05) is 13.2 Å². The number of aromatic nitrogens is 2. The van der Waals surface area contributed by atoms with Crippen molar-refractivity contribution in [2.24, 2.45) is 5.92 Å². The Morgan fingerprint density at radius 3 is 2.84 bits per heavy atom. The van der Waals surface area contributed by atoms with Crippen molar-refractivity contribution in [1.82, 2.24) is 9.78 Å². The summed E-state index contributed by atoms with van der Waals surface area (Å²) in [5.41, 5.74) is 0.257. The summed E-state index contributed by atoms with van der Waals surface area (Å²) < 4.78 is 7.41. The molecule has 1 N–H and O–H groups in total. The second kappa shape index (κ2) is 6.06. The van der Waals surface area contributed by atoms with Gasteiger partial charge in [0.05, 0.1) is 23.9 Å². The van der Waals surface area contributed by atoms with E-state index in [1.165, 1.54) is 0 Å². The first kappa shape index (κ1) is 14.5. The number of hydrogen-bond donors (Lipinski definition) is 1. The second-order valence-corrected chi connectivity index (χ2v) is 5.85. The van der Waals surface area contributed by atoms with Crippen molar-refractivity contribution in [3.8, 4) is 0 Å². The van der Waals surface area contributed by atoms with Crippen LogP contribution in [-0.4, -0.2) is 33.7 Å². The van der Waals surface area contributed by atoms with Gasteiger partial charge in [0.2, 0.25) is 0 Å². The molecule has 2 rings (SSSR count). The average Bonchev–Trinajstić information content (AvgIpc) is 3.01. The Morgan fingerprint density at radius 1 is 1.53 bits per heavy atom. The van der Waals surface area contributed by atoms with E-state index in [2.05, 4.69) is 18.9 Å². The third kappa shape index (κ3) is 3.37. The molecule has 0 saturated carbocycles. The first-order valence-corrected chi connectivity index (χ1v) is 7.41. The van der Waals surface area contributed by atoms with Crippen molar-refractivity contribution >= 4 is 0 Å².